The van der Waals surface area contributed by atoms with Crippen molar-refractivity contribution in [3.05, 3.63) is 78.3 Å². The molecule has 1 aromatic carbocycles. The van der Waals surface area contributed by atoms with Crippen LogP contribution in [0.3, 0.4) is 0 Å². The van der Waals surface area contributed by atoms with Gasteiger partial charge in [-0.3, -0.25) is 4.98 Å². The zero-order valence-corrected chi connectivity index (χ0v) is 18.6. The van der Waals surface area contributed by atoms with Crippen molar-refractivity contribution in [2.45, 2.75) is 26.8 Å². The molecule has 0 amide bonds. The molecule has 5 aromatic rings. The van der Waals surface area contributed by atoms with Crippen molar-refractivity contribution in [2.24, 2.45) is 0 Å². The molecule has 1 unspecified atom stereocenters. The summed E-state index contributed by atoms with van der Waals surface area (Å²) in [5.41, 5.74) is 12.2. The van der Waals surface area contributed by atoms with Crippen LogP contribution in [0.1, 0.15) is 29.9 Å². The molecule has 0 saturated carbocycles. The van der Waals surface area contributed by atoms with E-state index in [4.69, 9.17) is 10.2 Å². The summed E-state index contributed by atoms with van der Waals surface area (Å²) in [6.45, 7) is 6.00. The average molecular weight is 438 g/mol. The summed E-state index contributed by atoms with van der Waals surface area (Å²) in [4.78, 5) is 21.8. The lowest BCUT2D eigenvalue weighted by Crippen LogP contribution is -2.10. The Balaban J connectivity index is 1.42. The lowest BCUT2D eigenvalue weighted by molar-refractivity contribution is 0.613. The number of hydrogen-bond donors (Lipinski definition) is 2. The fraction of sp³-hybridized carbons (Fsp3) is 0.160. The number of nitrogen functional groups attached to an aromatic ring is 1. The first-order chi connectivity index (χ1) is 16.0. The van der Waals surface area contributed by atoms with Gasteiger partial charge in [0.2, 0.25) is 5.95 Å². The number of nitrogens with zero attached hydrogens (tertiary/aromatic N) is 5. The van der Waals surface area contributed by atoms with Crippen LogP contribution in [-0.2, 0) is 0 Å². The molecule has 0 aliphatic rings. The third-order valence-electron chi connectivity index (χ3n) is 5.53. The Morgan fingerprint density at radius 2 is 1.73 bits per heavy atom. The summed E-state index contributed by atoms with van der Waals surface area (Å²) >= 11 is 0. The normalized spacial score (nSPS) is 12.1. The minimum absolute atomic E-state index is 0.0344. The Morgan fingerprint density at radius 1 is 0.909 bits per heavy atom. The molecule has 0 spiro atoms. The van der Waals surface area contributed by atoms with E-state index in [2.05, 4.69) is 49.3 Å². The molecule has 33 heavy (non-hydrogen) atoms. The Bertz CT molecular complexity index is 1440. The van der Waals surface area contributed by atoms with E-state index < -0.39 is 0 Å². The van der Waals surface area contributed by atoms with Gasteiger partial charge in [-0.2, -0.15) is 0 Å². The number of aromatic nitrogens is 5. The molecular formula is C25H23N7O. The lowest BCUT2D eigenvalue weighted by atomic mass is 10.1. The SMILES string of the molecule is Cc1nc(NC(C)c2cncc(-c3cnc(N)nc3)c2)cc(-c2ccc3occ(C)c3c2)n1. The van der Waals surface area contributed by atoms with Gasteiger partial charge in [-0.05, 0) is 56.2 Å². The number of furan rings is 1. The first kappa shape index (κ1) is 20.6. The fourth-order valence-corrected chi connectivity index (χ4v) is 3.75. The first-order valence-electron chi connectivity index (χ1n) is 10.6. The highest BCUT2D eigenvalue weighted by atomic mass is 16.3. The van der Waals surface area contributed by atoms with Crippen LogP contribution in [0.4, 0.5) is 11.8 Å². The van der Waals surface area contributed by atoms with E-state index in [0.717, 1.165) is 50.3 Å². The number of fused-ring (bicyclic) bond motifs is 1. The molecular weight excluding hydrogens is 414 g/mol. The van der Waals surface area contributed by atoms with Gasteiger partial charge in [0.05, 0.1) is 18.0 Å². The van der Waals surface area contributed by atoms with Gasteiger partial charge in [-0.1, -0.05) is 0 Å². The predicted octanol–water partition coefficient (Wildman–Crippen LogP) is 5.11. The minimum atomic E-state index is -0.0344. The quantitative estimate of drug-likeness (QED) is 0.389. The van der Waals surface area contributed by atoms with Crippen LogP contribution in [0.2, 0.25) is 0 Å². The standard InChI is InChI=1S/C25H23N7O/c1-14-13-33-23-5-4-17(7-21(14)23)22-8-24(32-16(3)31-22)30-15(2)18-6-19(10-27-9-18)20-11-28-25(26)29-12-20/h4-13,15H,1-3H3,(H2,26,28,29)(H,30,31,32). The molecule has 0 bridgehead atoms. The molecule has 0 saturated heterocycles. The van der Waals surface area contributed by atoms with E-state index >= 15 is 0 Å². The van der Waals surface area contributed by atoms with Crippen LogP contribution in [0.5, 0.6) is 0 Å². The zero-order valence-electron chi connectivity index (χ0n) is 18.6. The largest absolute Gasteiger partial charge is 0.464 e. The summed E-state index contributed by atoms with van der Waals surface area (Å²) in [7, 11) is 0. The van der Waals surface area contributed by atoms with Gasteiger partial charge >= 0.3 is 0 Å². The van der Waals surface area contributed by atoms with Gasteiger partial charge < -0.3 is 15.5 Å². The number of aryl methyl sites for hydroxylation is 2. The maximum absolute atomic E-state index is 5.60. The number of nitrogens with one attached hydrogen (secondary N) is 1. The third-order valence-corrected chi connectivity index (χ3v) is 5.53. The van der Waals surface area contributed by atoms with E-state index in [1.165, 1.54) is 0 Å². The summed E-state index contributed by atoms with van der Waals surface area (Å²) in [5, 5.41) is 4.56. The number of rotatable bonds is 5. The topological polar surface area (TPSA) is 116 Å². The first-order valence-corrected chi connectivity index (χ1v) is 10.6. The van der Waals surface area contributed by atoms with Crippen molar-refractivity contribution in [2.75, 3.05) is 11.1 Å². The molecule has 0 fully saturated rings. The van der Waals surface area contributed by atoms with Gasteiger partial charge in [0.15, 0.2) is 0 Å². The van der Waals surface area contributed by atoms with Crippen LogP contribution in [0.15, 0.2) is 65.8 Å². The Morgan fingerprint density at radius 3 is 2.55 bits per heavy atom. The van der Waals surface area contributed by atoms with Crippen LogP contribution in [-0.4, -0.2) is 24.9 Å². The van der Waals surface area contributed by atoms with E-state index in [1.54, 1.807) is 24.9 Å². The molecule has 0 radical (unpaired) electrons. The van der Waals surface area contributed by atoms with E-state index in [1.807, 2.05) is 38.2 Å². The molecule has 4 heterocycles. The van der Waals surface area contributed by atoms with Crippen LogP contribution in [0, 0.1) is 13.8 Å². The van der Waals surface area contributed by atoms with Crippen molar-refractivity contribution in [3.63, 3.8) is 0 Å². The number of pyridine rings is 1. The van der Waals surface area contributed by atoms with E-state index in [9.17, 15) is 0 Å². The second kappa shape index (κ2) is 8.31. The summed E-state index contributed by atoms with van der Waals surface area (Å²) in [5.74, 6) is 1.68. The van der Waals surface area contributed by atoms with Gasteiger partial charge in [-0.25, -0.2) is 19.9 Å². The highest BCUT2D eigenvalue weighted by Crippen LogP contribution is 2.29. The molecule has 164 valence electrons. The summed E-state index contributed by atoms with van der Waals surface area (Å²) in [6.07, 6.45) is 8.78. The highest BCUT2D eigenvalue weighted by molar-refractivity contribution is 5.85. The second-order valence-electron chi connectivity index (χ2n) is 8.02. The molecule has 3 N–H and O–H groups in total. The van der Waals surface area contributed by atoms with Gasteiger partial charge in [-0.15, -0.1) is 0 Å². The molecule has 8 nitrogen and oxygen atoms in total. The van der Waals surface area contributed by atoms with E-state index in [0.29, 0.717) is 5.82 Å². The summed E-state index contributed by atoms with van der Waals surface area (Å²) < 4.78 is 5.57. The maximum atomic E-state index is 5.60. The third kappa shape index (κ3) is 4.23. The van der Waals surface area contributed by atoms with E-state index in [-0.39, 0.29) is 12.0 Å². The van der Waals surface area contributed by atoms with Gasteiger partial charge in [0.1, 0.15) is 17.2 Å². The Labute approximate surface area is 191 Å². The number of hydrogen-bond acceptors (Lipinski definition) is 8. The minimum Gasteiger partial charge on any atom is -0.464 e. The molecule has 0 aliphatic heterocycles. The van der Waals surface area contributed by atoms with Crippen LogP contribution < -0.4 is 11.1 Å². The maximum Gasteiger partial charge on any atom is 0.219 e. The fourth-order valence-electron chi connectivity index (χ4n) is 3.75. The van der Waals surface area contributed by atoms with Crippen molar-refractivity contribution in [1.29, 1.82) is 0 Å². The second-order valence-corrected chi connectivity index (χ2v) is 8.02. The highest BCUT2D eigenvalue weighted by Gasteiger charge is 2.12. The van der Waals surface area contributed by atoms with Gasteiger partial charge in [0, 0.05) is 52.9 Å². The van der Waals surface area contributed by atoms with Crippen LogP contribution >= 0.6 is 0 Å². The monoisotopic (exact) mass is 437 g/mol. The molecule has 8 heteroatoms. The zero-order chi connectivity index (χ0) is 22.9. The molecule has 4 aromatic heterocycles. The smallest absolute Gasteiger partial charge is 0.219 e. The molecule has 0 aliphatic carbocycles. The molecule has 5 rings (SSSR count). The van der Waals surface area contributed by atoms with Crippen molar-refractivity contribution in [3.8, 4) is 22.4 Å². The number of benzene rings is 1. The predicted molar refractivity (Wildman–Crippen MR) is 128 cm³/mol. The summed E-state index contributed by atoms with van der Waals surface area (Å²) in [6, 6.07) is 10.1. The van der Waals surface area contributed by atoms with Crippen molar-refractivity contribution in [1.82, 2.24) is 24.9 Å². The van der Waals surface area contributed by atoms with Crippen molar-refractivity contribution >= 4 is 22.7 Å². The Kier molecular flexibility index (Phi) is 5.18. The lowest BCUT2D eigenvalue weighted by Gasteiger charge is -2.16. The average Bonchev–Trinajstić information content (AvgIpc) is 3.19. The molecule has 1 atom stereocenters. The Hall–Kier alpha value is -4.33. The van der Waals surface area contributed by atoms with Crippen molar-refractivity contribution < 1.29 is 4.42 Å². The van der Waals surface area contributed by atoms with Gasteiger partial charge in [0.25, 0.3) is 0 Å². The van der Waals surface area contributed by atoms with Crippen LogP contribution in [0.25, 0.3) is 33.4 Å². The number of nitrogens with two attached hydrogens (primary N) is 1. The number of anilines is 2.